The summed E-state index contributed by atoms with van der Waals surface area (Å²) in [4.78, 5) is 0. The first kappa shape index (κ1) is 15.0. The highest BCUT2D eigenvalue weighted by molar-refractivity contribution is 9.10. The van der Waals surface area contributed by atoms with E-state index in [1.807, 2.05) is 42.5 Å². The highest BCUT2D eigenvalue weighted by atomic mass is 79.9. The lowest BCUT2D eigenvalue weighted by Gasteiger charge is -2.12. The molecule has 2 rings (SSSR count). The Morgan fingerprint density at radius 1 is 0.947 bits per heavy atom. The predicted molar refractivity (Wildman–Crippen MR) is 86.7 cm³/mol. The van der Waals surface area contributed by atoms with Crippen LogP contribution in [0.3, 0.4) is 0 Å². The SMILES string of the molecule is OC(Cc1ccc(Br)cc1)Cc1ccc(Br)cc1Cl. The van der Waals surface area contributed by atoms with Gasteiger partial charge in [0, 0.05) is 20.4 Å². The number of halogens is 3. The Bertz CT molecular complexity index is 555. The average molecular weight is 405 g/mol. The Morgan fingerprint density at radius 3 is 2.21 bits per heavy atom. The smallest absolute Gasteiger partial charge is 0.0621 e. The molecule has 0 aromatic heterocycles. The van der Waals surface area contributed by atoms with E-state index < -0.39 is 6.10 Å². The molecule has 4 heteroatoms. The summed E-state index contributed by atoms with van der Waals surface area (Å²) in [6, 6.07) is 13.7. The molecule has 2 aromatic rings. The van der Waals surface area contributed by atoms with Crippen molar-refractivity contribution >= 4 is 43.5 Å². The third-order valence-electron chi connectivity index (χ3n) is 2.86. The molecule has 0 fully saturated rings. The summed E-state index contributed by atoms with van der Waals surface area (Å²) in [5, 5.41) is 10.8. The number of aliphatic hydroxyl groups excluding tert-OH is 1. The summed E-state index contributed by atoms with van der Waals surface area (Å²) in [6.45, 7) is 0. The largest absolute Gasteiger partial charge is 0.392 e. The fraction of sp³-hybridized carbons (Fsp3) is 0.200. The molecule has 1 atom stereocenters. The van der Waals surface area contributed by atoms with E-state index in [9.17, 15) is 5.11 Å². The fourth-order valence-electron chi connectivity index (χ4n) is 1.91. The second kappa shape index (κ2) is 6.89. The molecule has 1 unspecified atom stereocenters. The Kier molecular flexibility index (Phi) is 5.46. The molecule has 0 spiro atoms. The van der Waals surface area contributed by atoms with Crippen LogP contribution in [0.15, 0.2) is 51.4 Å². The van der Waals surface area contributed by atoms with Crippen molar-refractivity contribution in [2.24, 2.45) is 0 Å². The molecule has 0 saturated carbocycles. The Morgan fingerprint density at radius 2 is 1.58 bits per heavy atom. The molecule has 19 heavy (non-hydrogen) atoms. The maximum Gasteiger partial charge on any atom is 0.0621 e. The minimum atomic E-state index is -0.431. The Hall–Kier alpha value is -0.350. The minimum Gasteiger partial charge on any atom is -0.392 e. The molecule has 0 saturated heterocycles. The van der Waals surface area contributed by atoms with E-state index in [2.05, 4.69) is 31.9 Å². The van der Waals surface area contributed by atoms with E-state index in [4.69, 9.17) is 11.6 Å². The zero-order valence-electron chi connectivity index (χ0n) is 10.1. The van der Waals surface area contributed by atoms with E-state index in [0.29, 0.717) is 17.9 Å². The maximum atomic E-state index is 10.1. The lowest BCUT2D eigenvalue weighted by atomic mass is 10.0. The van der Waals surface area contributed by atoms with Gasteiger partial charge in [-0.15, -0.1) is 0 Å². The topological polar surface area (TPSA) is 20.2 Å². The Labute approximate surface area is 134 Å². The van der Waals surface area contributed by atoms with Crippen molar-refractivity contribution in [1.82, 2.24) is 0 Å². The van der Waals surface area contributed by atoms with Crippen molar-refractivity contribution in [3.8, 4) is 0 Å². The second-order valence-electron chi connectivity index (χ2n) is 4.42. The number of hydrogen-bond donors (Lipinski definition) is 1. The molecule has 0 heterocycles. The molecule has 1 N–H and O–H groups in total. The molecular weight excluding hydrogens is 391 g/mol. The molecule has 0 amide bonds. The quantitative estimate of drug-likeness (QED) is 0.759. The average Bonchev–Trinajstić information content (AvgIpc) is 2.36. The van der Waals surface area contributed by atoms with Crippen molar-refractivity contribution in [2.45, 2.75) is 18.9 Å². The van der Waals surface area contributed by atoms with Crippen molar-refractivity contribution in [1.29, 1.82) is 0 Å². The summed E-state index contributed by atoms with van der Waals surface area (Å²) < 4.78 is 1.99. The van der Waals surface area contributed by atoms with Crippen LogP contribution in [0.25, 0.3) is 0 Å². The van der Waals surface area contributed by atoms with Crippen LogP contribution in [-0.2, 0) is 12.8 Å². The summed E-state index contributed by atoms with van der Waals surface area (Å²) in [6.07, 6.45) is 0.752. The van der Waals surface area contributed by atoms with E-state index >= 15 is 0 Å². The Balaban J connectivity index is 2.01. The molecule has 0 aliphatic rings. The maximum absolute atomic E-state index is 10.1. The van der Waals surface area contributed by atoms with Gasteiger partial charge < -0.3 is 5.11 Å². The first-order valence-corrected chi connectivity index (χ1v) is 7.87. The second-order valence-corrected chi connectivity index (χ2v) is 6.66. The highest BCUT2D eigenvalue weighted by Gasteiger charge is 2.10. The van der Waals surface area contributed by atoms with Crippen LogP contribution in [-0.4, -0.2) is 11.2 Å². The van der Waals surface area contributed by atoms with Gasteiger partial charge in [-0.25, -0.2) is 0 Å². The monoisotopic (exact) mass is 402 g/mol. The van der Waals surface area contributed by atoms with Crippen molar-refractivity contribution in [3.05, 3.63) is 67.6 Å². The zero-order valence-corrected chi connectivity index (χ0v) is 14.0. The van der Waals surface area contributed by atoms with Gasteiger partial charge in [0.1, 0.15) is 0 Å². The first-order valence-electron chi connectivity index (χ1n) is 5.91. The zero-order chi connectivity index (χ0) is 13.8. The summed E-state index contributed by atoms with van der Waals surface area (Å²) in [5.74, 6) is 0. The van der Waals surface area contributed by atoms with Crippen molar-refractivity contribution in [2.75, 3.05) is 0 Å². The molecule has 0 aliphatic carbocycles. The van der Waals surface area contributed by atoms with E-state index in [0.717, 1.165) is 20.1 Å². The molecule has 0 aliphatic heterocycles. The van der Waals surface area contributed by atoms with Crippen LogP contribution in [0, 0.1) is 0 Å². The summed E-state index contributed by atoms with van der Waals surface area (Å²) in [7, 11) is 0. The molecular formula is C15H13Br2ClO. The number of rotatable bonds is 4. The van der Waals surface area contributed by atoms with Crippen LogP contribution in [0.2, 0.25) is 5.02 Å². The van der Waals surface area contributed by atoms with Gasteiger partial charge in [0.2, 0.25) is 0 Å². The van der Waals surface area contributed by atoms with Gasteiger partial charge in [-0.3, -0.25) is 0 Å². The van der Waals surface area contributed by atoms with Gasteiger partial charge in [-0.05, 0) is 41.8 Å². The fourth-order valence-corrected chi connectivity index (χ4v) is 2.92. The third kappa shape index (κ3) is 4.60. The predicted octanol–water partition coefficient (Wildman–Crippen LogP) is 5.01. The molecule has 0 radical (unpaired) electrons. The lowest BCUT2D eigenvalue weighted by Crippen LogP contribution is -2.14. The third-order valence-corrected chi connectivity index (χ3v) is 4.23. The van der Waals surface area contributed by atoms with Gasteiger partial charge in [-0.2, -0.15) is 0 Å². The molecule has 0 bridgehead atoms. The van der Waals surface area contributed by atoms with Crippen molar-refractivity contribution in [3.63, 3.8) is 0 Å². The summed E-state index contributed by atoms with van der Waals surface area (Å²) >= 11 is 12.9. The summed E-state index contributed by atoms with van der Waals surface area (Å²) in [5.41, 5.74) is 2.08. The van der Waals surface area contributed by atoms with Crippen LogP contribution in [0.5, 0.6) is 0 Å². The molecule has 100 valence electrons. The van der Waals surface area contributed by atoms with Gasteiger partial charge in [0.15, 0.2) is 0 Å². The van der Waals surface area contributed by atoms with E-state index in [1.165, 1.54) is 0 Å². The molecule has 1 nitrogen and oxygen atoms in total. The molecule has 2 aromatic carbocycles. The normalized spacial score (nSPS) is 12.4. The van der Waals surface area contributed by atoms with Crippen molar-refractivity contribution < 1.29 is 5.11 Å². The van der Waals surface area contributed by atoms with Crippen LogP contribution in [0.4, 0.5) is 0 Å². The van der Waals surface area contributed by atoms with Gasteiger partial charge in [-0.1, -0.05) is 61.7 Å². The number of aliphatic hydroxyl groups is 1. The van der Waals surface area contributed by atoms with Gasteiger partial charge in [0.25, 0.3) is 0 Å². The van der Waals surface area contributed by atoms with E-state index in [-0.39, 0.29) is 0 Å². The number of benzene rings is 2. The van der Waals surface area contributed by atoms with Gasteiger partial charge in [0.05, 0.1) is 6.10 Å². The van der Waals surface area contributed by atoms with E-state index in [1.54, 1.807) is 0 Å². The van der Waals surface area contributed by atoms with Gasteiger partial charge >= 0.3 is 0 Å². The van der Waals surface area contributed by atoms with Crippen LogP contribution >= 0.6 is 43.5 Å². The minimum absolute atomic E-state index is 0.431. The lowest BCUT2D eigenvalue weighted by molar-refractivity contribution is 0.175. The van der Waals surface area contributed by atoms with Crippen LogP contribution in [0.1, 0.15) is 11.1 Å². The first-order chi connectivity index (χ1) is 9.04. The number of hydrogen-bond acceptors (Lipinski definition) is 1. The standard InChI is InChI=1S/C15H13Br2ClO/c16-12-4-1-10(2-5-12)7-14(19)8-11-3-6-13(17)9-15(11)18/h1-6,9,14,19H,7-8H2. The van der Waals surface area contributed by atoms with Crippen LogP contribution < -0.4 is 0 Å². The highest BCUT2D eigenvalue weighted by Crippen LogP contribution is 2.23.